The number of non-ortho nitro benzene ring substituents is 2. The van der Waals surface area contributed by atoms with Crippen LogP contribution in [0.2, 0.25) is 0 Å². The monoisotopic (exact) mass is 349 g/mol. The number of nitro groups is 2. The van der Waals surface area contributed by atoms with E-state index in [1.807, 2.05) is 0 Å². The maximum atomic E-state index is 12.5. The van der Waals surface area contributed by atoms with Crippen LogP contribution in [0.25, 0.3) is 0 Å². The van der Waals surface area contributed by atoms with Crippen LogP contribution < -0.4 is 0 Å². The number of nitrogens with zero attached hydrogens (tertiary/aromatic N) is 3. The van der Waals surface area contributed by atoms with Crippen LogP contribution in [0.1, 0.15) is 11.6 Å². The van der Waals surface area contributed by atoms with Gasteiger partial charge in [-0.3, -0.25) is 20.2 Å². The SMILES string of the molecule is O=[N+]([O-])c1ccc(S(=O)(=O)N2CC2c2cccc([N+](=O)[O-])c2)cc1. The molecule has 124 valence electrons. The molecule has 2 aromatic rings. The molecule has 0 amide bonds. The standard InChI is InChI=1S/C14H11N3O6S/c18-16(19)11-4-6-13(7-5-11)24(22,23)15-9-14(15)10-2-1-3-12(8-10)17(20)21/h1-8,14H,9H2. The molecule has 0 aliphatic carbocycles. The van der Waals surface area contributed by atoms with Crippen LogP contribution in [-0.2, 0) is 10.0 Å². The second-order valence-corrected chi connectivity index (χ2v) is 7.08. The molecule has 1 fully saturated rings. The highest BCUT2D eigenvalue weighted by molar-refractivity contribution is 7.89. The van der Waals surface area contributed by atoms with Gasteiger partial charge in [0.25, 0.3) is 11.4 Å². The Labute approximate surface area is 136 Å². The second-order valence-electron chi connectivity index (χ2n) is 5.19. The lowest BCUT2D eigenvalue weighted by molar-refractivity contribution is -0.385. The first-order valence-corrected chi connectivity index (χ1v) is 8.25. The first kappa shape index (κ1) is 16.0. The molecule has 1 heterocycles. The van der Waals surface area contributed by atoms with E-state index in [1.54, 1.807) is 6.07 Å². The minimum Gasteiger partial charge on any atom is -0.258 e. The van der Waals surface area contributed by atoms with Gasteiger partial charge in [-0.2, -0.15) is 4.31 Å². The van der Waals surface area contributed by atoms with E-state index in [4.69, 9.17) is 0 Å². The quantitative estimate of drug-likeness (QED) is 0.463. The Bertz CT molecular complexity index is 926. The number of benzene rings is 2. The highest BCUT2D eigenvalue weighted by Gasteiger charge is 2.45. The topological polar surface area (TPSA) is 123 Å². The van der Waals surface area contributed by atoms with Crippen LogP contribution in [0.15, 0.2) is 53.4 Å². The van der Waals surface area contributed by atoms with Crippen LogP contribution in [-0.4, -0.2) is 29.1 Å². The predicted molar refractivity (Wildman–Crippen MR) is 82.8 cm³/mol. The van der Waals surface area contributed by atoms with Gasteiger partial charge in [0.05, 0.1) is 20.8 Å². The highest BCUT2D eigenvalue weighted by atomic mass is 32.2. The molecule has 0 N–H and O–H groups in total. The van der Waals surface area contributed by atoms with Crippen molar-refractivity contribution in [1.29, 1.82) is 0 Å². The average Bonchev–Trinajstić information content (AvgIpc) is 3.36. The third kappa shape index (κ3) is 2.84. The van der Waals surface area contributed by atoms with E-state index in [0.29, 0.717) is 5.56 Å². The fourth-order valence-corrected chi connectivity index (χ4v) is 3.93. The molecule has 9 nitrogen and oxygen atoms in total. The molecule has 0 spiro atoms. The van der Waals surface area contributed by atoms with Crippen LogP contribution in [0, 0.1) is 20.2 Å². The van der Waals surface area contributed by atoms with Crippen LogP contribution >= 0.6 is 0 Å². The minimum atomic E-state index is -3.80. The lowest BCUT2D eigenvalue weighted by Gasteiger charge is -2.06. The fourth-order valence-electron chi connectivity index (χ4n) is 2.38. The van der Waals surface area contributed by atoms with Gasteiger partial charge < -0.3 is 0 Å². The second kappa shape index (κ2) is 5.65. The van der Waals surface area contributed by atoms with Gasteiger partial charge in [-0.05, 0) is 17.7 Å². The van der Waals surface area contributed by atoms with Crippen LogP contribution in [0.5, 0.6) is 0 Å². The Kier molecular flexibility index (Phi) is 3.78. The molecule has 10 heteroatoms. The zero-order valence-corrected chi connectivity index (χ0v) is 12.9. The van der Waals surface area contributed by atoms with Crippen molar-refractivity contribution in [3.05, 3.63) is 74.3 Å². The first-order valence-electron chi connectivity index (χ1n) is 6.81. The third-order valence-electron chi connectivity index (χ3n) is 3.69. The van der Waals surface area contributed by atoms with Crippen molar-refractivity contribution in [1.82, 2.24) is 4.31 Å². The van der Waals surface area contributed by atoms with Gasteiger partial charge in [0.15, 0.2) is 0 Å². The summed E-state index contributed by atoms with van der Waals surface area (Å²) < 4.78 is 26.2. The van der Waals surface area contributed by atoms with E-state index in [0.717, 1.165) is 12.1 Å². The number of nitro benzene ring substituents is 2. The van der Waals surface area contributed by atoms with E-state index < -0.39 is 25.9 Å². The zero-order chi connectivity index (χ0) is 17.5. The van der Waals surface area contributed by atoms with E-state index in [9.17, 15) is 28.6 Å². The van der Waals surface area contributed by atoms with E-state index in [-0.39, 0.29) is 22.8 Å². The minimum absolute atomic E-state index is 0.0546. The summed E-state index contributed by atoms with van der Waals surface area (Å²) in [7, 11) is -3.80. The molecule has 2 atom stereocenters. The van der Waals surface area contributed by atoms with Gasteiger partial charge in [-0.1, -0.05) is 12.1 Å². The van der Waals surface area contributed by atoms with Gasteiger partial charge in [-0.25, -0.2) is 8.42 Å². The van der Waals surface area contributed by atoms with Crippen molar-refractivity contribution in [3.63, 3.8) is 0 Å². The summed E-state index contributed by atoms with van der Waals surface area (Å²) >= 11 is 0. The Morgan fingerprint density at radius 3 is 2.17 bits per heavy atom. The zero-order valence-electron chi connectivity index (χ0n) is 12.1. The van der Waals surface area contributed by atoms with Crippen molar-refractivity contribution >= 4 is 21.4 Å². The molecule has 0 aromatic heterocycles. The van der Waals surface area contributed by atoms with Gasteiger partial charge in [0.2, 0.25) is 10.0 Å². The normalized spacial score (nSPS) is 19.7. The van der Waals surface area contributed by atoms with Gasteiger partial charge >= 0.3 is 0 Å². The van der Waals surface area contributed by atoms with Crippen molar-refractivity contribution < 1.29 is 18.3 Å². The summed E-state index contributed by atoms with van der Waals surface area (Å²) in [5.41, 5.74) is 0.233. The lowest BCUT2D eigenvalue weighted by Crippen LogP contribution is -2.12. The van der Waals surface area contributed by atoms with E-state index >= 15 is 0 Å². The van der Waals surface area contributed by atoms with E-state index in [2.05, 4.69) is 0 Å². The Hall–Kier alpha value is -2.85. The lowest BCUT2D eigenvalue weighted by atomic mass is 10.1. The Morgan fingerprint density at radius 1 is 0.958 bits per heavy atom. The molecule has 1 aliphatic rings. The molecular weight excluding hydrogens is 338 g/mol. The van der Waals surface area contributed by atoms with Crippen molar-refractivity contribution in [2.45, 2.75) is 10.9 Å². The number of rotatable bonds is 5. The summed E-state index contributed by atoms with van der Waals surface area (Å²) in [6.07, 6.45) is 0. The smallest absolute Gasteiger partial charge is 0.258 e. The fraction of sp³-hybridized carbons (Fsp3) is 0.143. The van der Waals surface area contributed by atoms with E-state index in [1.165, 1.54) is 34.6 Å². The van der Waals surface area contributed by atoms with Gasteiger partial charge in [0, 0.05) is 30.8 Å². The largest absolute Gasteiger partial charge is 0.269 e. The van der Waals surface area contributed by atoms with Crippen LogP contribution in [0.3, 0.4) is 0 Å². The number of hydrogen-bond donors (Lipinski definition) is 0. The summed E-state index contributed by atoms with van der Waals surface area (Å²) in [6.45, 7) is 0.209. The molecule has 24 heavy (non-hydrogen) atoms. The maximum Gasteiger partial charge on any atom is 0.269 e. The highest BCUT2D eigenvalue weighted by Crippen LogP contribution is 2.41. The molecule has 3 rings (SSSR count). The summed E-state index contributed by atoms with van der Waals surface area (Å²) in [4.78, 5) is 20.2. The molecule has 0 saturated carbocycles. The molecule has 2 unspecified atom stereocenters. The molecule has 2 aromatic carbocycles. The summed E-state index contributed by atoms with van der Waals surface area (Å²) in [5.74, 6) is 0. The van der Waals surface area contributed by atoms with Crippen molar-refractivity contribution in [3.8, 4) is 0 Å². The van der Waals surface area contributed by atoms with Gasteiger partial charge in [-0.15, -0.1) is 0 Å². The van der Waals surface area contributed by atoms with Crippen molar-refractivity contribution in [2.75, 3.05) is 6.54 Å². The third-order valence-corrected chi connectivity index (χ3v) is 5.58. The molecule has 1 aliphatic heterocycles. The molecular formula is C14H11N3O6S. The Balaban J connectivity index is 1.84. The maximum absolute atomic E-state index is 12.5. The summed E-state index contributed by atoms with van der Waals surface area (Å²) in [6, 6.07) is 9.94. The molecule has 1 saturated heterocycles. The van der Waals surface area contributed by atoms with Gasteiger partial charge in [0.1, 0.15) is 0 Å². The Morgan fingerprint density at radius 2 is 1.58 bits per heavy atom. The molecule has 0 bridgehead atoms. The molecule has 0 radical (unpaired) electrons. The van der Waals surface area contributed by atoms with Crippen molar-refractivity contribution in [2.24, 2.45) is 0 Å². The first-order chi connectivity index (χ1) is 11.3. The average molecular weight is 349 g/mol. The number of hydrogen-bond acceptors (Lipinski definition) is 6. The summed E-state index contributed by atoms with van der Waals surface area (Å²) in [5, 5.41) is 21.4. The number of sulfonamides is 1. The van der Waals surface area contributed by atoms with Crippen LogP contribution in [0.4, 0.5) is 11.4 Å². The predicted octanol–water partition coefficient (Wildman–Crippen LogP) is 2.25.